The fourth-order valence-corrected chi connectivity index (χ4v) is 4.33. The number of hydrogen-bond acceptors (Lipinski definition) is 6. The van der Waals surface area contributed by atoms with Gasteiger partial charge in [-0.15, -0.1) is 46.7 Å². The van der Waals surface area contributed by atoms with Crippen LogP contribution in [0.15, 0.2) is 27.9 Å². The van der Waals surface area contributed by atoms with Crippen LogP contribution in [0.25, 0.3) is 0 Å². The lowest BCUT2D eigenvalue weighted by Crippen LogP contribution is -2.52. The van der Waals surface area contributed by atoms with Crippen LogP contribution in [0.1, 0.15) is 10.6 Å². The molecule has 0 amide bonds. The third-order valence-electron chi connectivity index (χ3n) is 4.19. The minimum Gasteiger partial charge on any atom is -0.354 e. The van der Waals surface area contributed by atoms with Crippen molar-refractivity contribution in [1.29, 1.82) is 0 Å². The molecule has 1 saturated heterocycles. The molecule has 0 atom stereocenters. The van der Waals surface area contributed by atoms with E-state index in [1.165, 1.54) is 4.88 Å². The van der Waals surface area contributed by atoms with Crippen LogP contribution in [-0.4, -0.2) is 68.1 Å². The van der Waals surface area contributed by atoms with E-state index in [1.54, 1.807) is 11.3 Å². The van der Waals surface area contributed by atoms with Gasteiger partial charge in [0.2, 0.25) is 0 Å². The van der Waals surface area contributed by atoms with E-state index in [9.17, 15) is 0 Å². The number of rotatable bonds is 5. The molecule has 0 bridgehead atoms. The van der Waals surface area contributed by atoms with Crippen LogP contribution in [0.4, 0.5) is 5.13 Å². The number of nitrogens with zero attached hydrogens (tertiary/aromatic N) is 5. The van der Waals surface area contributed by atoms with Crippen LogP contribution >= 0.6 is 46.7 Å². The third-order valence-corrected chi connectivity index (χ3v) is 6.11. The molecule has 1 aliphatic heterocycles. The molecule has 3 rings (SSSR count). The number of thiazole rings is 1. The van der Waals surface area contributed by atoms with Gasteiger partial charge in [0, 0.05) is 64.1 Å². The first-order chi connectivity index (χ1) is 12.2. The molecule has 1 aliphatic rings. The number of aliphatic imine (C=N–C) groups is 1. The highest BCUT2D eigenvalue weighted by Crippen LogP contribution is 2.18. The lowest BCUT2D eigenvalue weighted by Gasteiger charge is -2.36. The van der Waals surface area contributed by atoms with Crippen LogP contribution in [0.5, 0.6) is 0 Å². The maximum Gasteiger partial charge on any atom is 0.194 e. The van der Waals surface area contributed by atoms with Crippen LogP contribution in [0.2, 0.25) is 0 Å². The van der Waals surface area contributed by atoms with Gasteiger partial charge in [0.1, 0.15) is 0 Å². The van der Waals surface area contributed by atoms with E-state index in [0.717, 1.165) is 49.5 Å². The van der Waals surface area contributed by atoms with E-state index < -0.39 is 0 Å². The third kappa shape index (κ3) is 5.80. The highest BCUT2D eigenvalue weighted by Gasteiger charge is 2.20. The molecule has 0 saturated carbocycles. The van der Waals surface area contributed by atoms with Gasteiger partial charge in [-0.05, 0) is 11.4 Å². The highest BCUT2D eigenvalue weighted by molar-refractivity contribution is 14.0. The summed E-state index contributed by atoms with van der Waals surface area (Å²) in [5, 5.41) is 8.75. The molecule has 2 aromatic heterocycles. The average Bonchev–Trinajstić information content (AvgIpc) is 3.28. The van der Waals surface area contributed by atoms with Crippen molar-refractivity contribution in [3.63, 3.8) is 0 Å². The molecule has 2 aromatic rings. The summed E-state index contributed by atoms with van der Waals surface area (Å²) in [5.41, 5.74) is 1.06. The predicted molar refractivity (Wildman–Crippen MR) is 123 cm³/mol. The number of anilines is 1. The van der Waals surface area contributed by atoms with Crippen LogP contribution < -0.4 is 10.2 Å². The van der Waals surface area contributed by atoms with Gasteiger partial charge < -0.3 is 15.1 Å². The molecule has 0 spiro atoms. The number of hydrogen-bond donors (Lipinski definition) is 1. The van der Waals surface area contributed by atoms with E-state index in [2.05, 4.69) is 48.0 Å². The molecule has 0 aromatic carbocycles. The largest absolute Gasteiger partial charge is 0.354 e. The Labute approximate surface area is 181 Å². The average molecular weight is 506 g/mol. The van der Waals surface area contributed by atoms with Gasteiger partial charge in [-0.3, -0.25) is 9.89 Å². The summed E-state index contributed by atoms with van der Waals surface area (Å²) in [5.74, 6) is 0.968. The Bertz CT molecular complexity index is 677. The van der Waals surface area contributed by atoms with Gasteiger partial charge in [-0.1, -0.05) is 6.07 Å². The first-order valence-corrected chi connectivity index (χ1v) is 10.2. The summed E-state index contributed by atoms with van der Waals surface area (Å²) < 4.78 is 0. The maximum atomic E-state index is 4.62. The maximum absolute atomic E-state index is 4.62. The summed E-state index contributed by atoms with van der Waals surface area (Å²) in [6.07, 6.45) is 0. The van der Waals surface area contributed by atoms with Crippen molar-refractivity contribution in [3.05, 3.63) is 33.5 Å². The highest BCUT2D eigenvalue weighted by atomic mass is 127. The van der Waals surface area contributed by atoms with Crippen molar-refractivity contribution in [2.24, 2.45) is 4.99 Å². The Morgan fingerprint density at radius 2 is 2.04 bits per heavy atom. The first kappa shape index (κ1) is 21.4. The van der Waals surface area contributed by atoms with Gasteiger partial charge in [-0.25, -0.2) is 4.98 Å². The van der Waals surface area contributed by atoms with E-state index in [0.29, 0.717) is 6.54 Å². The van der Waals surface area contributed by atoms with Gasteiger partial charge in [0.25, 0.3) is 0 Å². The molecule has 1 N–H and O–H groups in total. The first-order valence-electron chi connectivity index (χ1n) is 8.48. The fourth-order valence-electron chi connectivity index (χ4n) is 2.83. The SMILES string of the molecule is CN=C(NCc1csc(N(C)C)n1)N1CCN(Cc2cccs2)CC1.I. The van der Waals surface area contributed by atoms with Crippen molar-refractivity contribution in [3.8, 4) is 0 Å². The zero-order chi connectivity index (χ0) is 17.6. The zero-order valence-corrected chi connectivity index (χ0v) is 19.5. The second-order valence-electron chi connectivity index (χ2n) is 6.26. The normalized spacial score (nSPS) is 15.7. The Morgan fingerprint density at radius 1 is 1.27 bits per heavy atom. The topological polar surface area (TPSA) is 47.0 Å². The second kappa shape index (κ2) is 10.4. The number of aromatic nitrogens is 1. The van der Waals surface area contributed by atoms with Gasteiger partial charge in [0.15, 0.2) is 11.1 Å². The van der Waals surface area contributed by atoms with Gasteiger partial charge >= 0.3 is 0 Å². The lowest BCUT2D eigenvalue weighted by molar-refractivity contribution is 0.173. The molecule has 26 heavy (non-hydrogen) atoms. The molecule has 144 valence electrons. The summed E-state index contributed by atoms with van der Waals surface area (Å²) in [7, 11) is 5.89. The number of piperazine rings is 1. The lowest BCUT2D eigenvalue weighted by atomic mass is 10.3. The summed E-state index contributed by atoms with van der Waals surface area (Å²) in [4.78, 5) is 17.4. The Hall–Kier alpha value is -0.910. The van der Waals surface area contributed by atoms with Gasteiger partial charge in [0.05, 0.1) is 12.2 Å². The van der Waals surface area contributed by atoms with E-state index >= 15 is 0 Å². The van der Waals surface area contributed by atoms with Gasteiger partial charge in [-0.2, -0.15) is 0 Å². The smallest absolute Gasteiger partial charge is 0.194 e. The summed E-state index contributed by atoms with van der Waals surface area (Å²) in [6, 6.07) is 4.34. The number of thiophene rings is 1. The Morgan fingerprint density at radius 3 is 2.62 bits per heavy atom. The van der Waals surface area contributed by atoms with Crippen molar-refractivity contribution in [2.75, 3.05) is 52.2 Å². The molecule has 6 nitrogen and oxygen atoms in total. The Balaban J connectivity index is 0.00000243. The van der Waals surface area contributed by atoms with Crippen molar-refractivity contribution >= 4 is 57.7 Å². The standard InChI is InChI=1S/C17H26N6S2.HI/c1-18-16(19-11-14-13-25-17(20-14)21(2)3)23-8-6-22(7-9-23)12-15-5-4-10-24-15;/h4-5,10,13H,6-9,11-12H2,1-3H3,(H,18,19);1H. The number of guanidine groups is 1. The van der Waals surface area contributed by atoms with Crippen molar-refractivity contribution < 1.29 is 0 Å². The summed E-state index contributed by atoms with van der Waals surface area (Å²) in [6.45, 7) is 5.92. The summed E-state index contributed by atoms with van der Waals surface area (Å²) >= 11 is 3.51. The molecule has 0 aliphatic carbocycles. The molecular formula is C17H27IN6S2. The monoisotopic (exact) mass is 506 g/mol. The van der Waals surface area contributed by atoms with Crippen molar-refractivity contribution in [1.82, 2.24) is 20.1 Å². The minimum absolute atomic E-state index is 0. The fraction of sp³-hybridized carbons (Fsp3) is 0.529. The van der Waals surface area contributed by atoms with Crippen LogP contribution in [-0.2, 0) is 13.1 Å². The molecule has 9 heteroatoms. The quantitative estimate of drug-likeness (QED) is 0.384. The molecule has 3 heterocycles. The number of halogens is 1. The van der Waals surface area contributed by atoms with Crippen LogP contribution in [0, 0.1) is 0 Å². The number of nitrogens with one attached hydrogen (secondary N) is 1. The Kier molecular flexibility index (Phi) is 8.58. The van der Waals surface area contributed by atoms with E-state index in [1.807, 2.05) is 37.4 Å². The van der Waals surface area contributed by atoms with E-state index in [4.69, 9.17) is 0 Å². The minimum atomic E-state index is 0. The zero-order valence-electron chi connectivity index (χ0n) is 15.5. The van der Waals surface area contributed by atoms with Crippen molar-refractivity contribution in [2.45, 2.75) is 13.1 Å². The molecule has 1 fully saturated rings. The van der Waals surface area contributed by atoms with Crippen LogP contribution in [0.3, 0.4) is 0 Å². The predicted octanol–water partition coefficient (Wildman–Crippen LogP) is 2.78. The molecule has 0 radical (unpaired) electrons. The molecular weight excluding hydrogens is 479 g/mol. The van der Waals surface area contributed by atoms with E-state index in [-0.39, 0.29) is 24.0 Å². The second-order valence-corrected chi connectivity index (χ2v) is 8.13. The molecule has 0 unspecified atom stereocenters.